The van der Waals surface area contributed by atoms with Crippen LogP contribution in [0.1, 0.15) is 31.2 Å². The van der Waals surface area contributed by atoms with E-state index >= 15 is 0 Å². The van der Waals surface area contributed by atoms with Crippen LogP contribution in [0.15, 0.2) is 23.4 Å². The number of halogens is 2. The van der Waals surface area contributed by atoms with E-state index in [9.17, 15) is 9.82 Å². The fourth-order valence-electron chi connectivity index (χ4n) is 3.08. The van der Waals surface area contributed by atoms with Gasteiger partial charge < -0.3 is 14.7 Å². The third kappa shape index (κ3) is 5.99. The first-order valence-corrected chi connectivity index (χ1v) is 9.15. The van der Waals surface area contributed by atoms with Crippen LogP contribution in [0, 0.1) is 5.92 Å². The molecule has 0 aromatic heterocycles. The highest BCUT2D eigenvalue weighted by Gasteiger charge is 2.28. The highest BCUT2D eigenvalue weighted by atomic mass is 35.5. The lowest BCUT2D eigenvalue weighted by atomic mass is 9.85. The highest BCUT2D eigenvalue weighted by Crippen LogP contribution is 2.25. The van der Waals surface area contributed by atoms with Crippen LogP contribution in [0.2, 0.25) is 16.9 Å². The Morgan fingerprint density at radius 2 is 2.16 bits per heavy atom. The minimum absolute atomic E-state index is 0.196. The highest BCUT2D eigenvalue weighted by molar-refractivity contribution is 6.45. The zero-order valence-electron chi connectivity index (χ0n) is 14.5. The molecule has 1 fully saturated rings. The van der Waals surface area contributed by atoms with Crippen molar-refractivity contribution in [3.63, 3.8) is 0 Å². The molecule has 1 aliphatic rings. The first-order chi connectivity index (χ1) is 11.9. The van der Waals surface area contributed by atoms with Gasteiger partial charge in [0.2, 0.25) is 0 Å². The molecule has 0 aliphatic carbocycles. The Bertz CT molecular complexity index is 640. The van der Waals surface area contributed by atoms with E-state index < -0.39 is 7.05 Å². The molecule has 1 N–H and O–H groups in total. The molecule has 25 heavy (non-hydrogen) atoms. The number of ketones is 1. The fourth-order valence-corrected chi connectivity index (χ4v) is 3.38. The maximum Gasteiger partial charge on any atom is 0.376 e. The van der Waals surface area contributed by atoms with Crippen molar-refractivity contribution in [1.82, 2.24) is 4.81 Å². The van der Waals surface area contributed by atoms with Crippen molar-refractivity contribution in [3.05, 3.63) is 33.8 Å². The lowest BCUT2D eigenvalue weighted by molar-refractivity contribution is -0.119. The Morgan fingerprint density at radius 3 is 2.76 bits per heavy atom. The van der Waals surface area contributed by atoms with Crippen molar-refractivity contribution in [2.45, 2.75) is 32.5 Å². The summed E-state index contributed by atoms with van der Waals surface area (Å²) in [5.74, 6) is 0.510. The molecular weight excluding hydrogens is 362 g/mol. The van der Waals surface area contributed by atoms with Gasteiger partial charge in [0.05, 0.1) is 15.8 Å². The number of rotatable bonds is 8. The van der Waals surface area contributed by atoms with Crippen LogP contribution >= 0.6 is 23.2 Å². The van der Waals surface area contributed by atoms with Gasteiger partial charge in [-0.25, -0.2) is 0 Å². The predicted octanol–water partition coefficient (Wildman–Crippen LogP) is 3.52. The van der Waals surface area contributed by atoms with Gasteiger partial charge in [-0.3, -0.25) is 4.79 Å². The summed E-state index contributed by atoms with van der Waals surface area (Å²) in [5.41, 5.74) is 1.47. The maximum atomic E-state index is 12.3. The minimum Gasteiger partial charge on any atom is -0.437 e. The Labute approximate surface area is 159 Å². The van der Waals surface area contributed by atoms with E-state index in [0.29, 0.717) is 40.9 Å². The number of carbonyl (C=O) groups excluding carboxylic acids is 1. The van der Waals surface area contributed by atoms with Crippen molar-refractivity contribution >= 4 is 41.7 Å². The van der Waals surface area contributed by atoms with Gasteiger partial charge in [0.15, 0.2) is 0 Å². The van der Waals surface area contributed by atoms with E-state index in [1.54, 1.807) is 19.0 Å². The van der Waals surface area contributed by atoms with Gasteiger partial charge in [-0.05, 0) is 44.4 Å². The second kappa shape index (κ2) is 9.58. The zero-order valence-corrected chi connectivity index (χ0v) is 16.1. The van der Waals surface area contributed by atoms with E-state index in [0.717, 1.165) is 25.1 Å². The van der Waals surface area contributed by atoms with Gasteiger partial charge >= 0.3 is 7.05 Å². The molecule has 136 valence electrons. The van der Waals surface area contributed by atoms with E-state index in [2.05, 4.69) is 5.16 Å². The summed E-state index contributed by atoms with van der Waals surface area (Å²) in [4.78, 5) is 19.2. The number of hydrogen-bond acceptors (Lipinski definition) is 5. The van der Waals surface area contributed by atoms with Crippen LogP contribution in [0.4, 0.5) is 0 Å². The first kappa shape index (κ1) is 20.2. The van der Waals surface area contributed by atoms with Crippen molar-refractivity contribution in [1.29, 1.82) is 0 Å². The van der Waals surface area contributed by atoms with Gasteiger partial charge in [-0.1, -0.05) is 34.4 Å². The lowest BCUT2D eigenvalue weighted by Gasteiger charge is -2.15. The van der Waals surface area contributed by atoms with Gasteiger partial charge in [-0.15, -0.1) is 0 Å². The third-order valence-electron chi connectivity index (χ3n) is 4.46. The second-order valence-corrected chi connectivity index (χ2v) is 7.19. The zero-order chi connectivity index (χ0) is 18.4. The summed E-state index contributed by atoms with van der Waals surface area (Å²) in [6.07, 6.45) is 2.36. The molecule has 1 unspecified atom stereocenters. The van der Waals surface area contributed by atoms with Crippen molar-refractivity contribution in [2.24, 2.45) is 11.1 Å². The standard InChI is InChI=1S/C17H23BCl2N2O3/c1-18(24)22-8-7-12(11-22)9-14(23)4-6-17(21-25-2)13-3-5-15(19)16(20)10-13/h3,5,10,12,24H,4,6-9,11H2,1-2H3. The topological polar surface area (TPSA) is 62.1 Å². The molecule has 0 spiro atoms. The third-order valence-corrected chi connectivity index (χ3v) is 5.20. The van der Waals surface area contributed by atoms with E-state index in [1.807, 2.05) is 10.9 Å². The quantitative estimate of drug-likeness (QED) is 0.423. The average molecular weight is 385 g/mol. The largest absolute Gasteiger partial charge is 0.437 e. The molecule has 1 saturated heterocycles. The average Bonchev–Trinajstić information content (AvgIpc) is 3.03. The van der Waals surface area contributed by atoms with Gasteiger partial charge in [0, 0.05) is 24.8 Å². The normalized spacial score (nSPS) is 18.4. The van der Waals surface area contributed by atoms with Crippen LogP contribution in [-0.2, 0) is 9.63 Å². The van der Waals surface area contributed by atoms with Gasteiger partial charge in [0.25, 0.3) is 0 Å². The van der Waals surface area contributed by atoms with Crippen LogP contribution in [0.25, 0.3) is 0 Å². The number of oxime groups is 1. The lowest BCUT2D eigenvalue weighted by Crippen LogP contribution is -2.35. The number of benzene rings is 1. The molecule has 0 radical (unpaired) electrons. The maximum absolute atomic E-state index is 12.3. The predicted molar refractivity (Wildman–Crippen MR) is 102 cm³/mol. The van der Waals surface area contributed by atoms with Crippen molar-refractivity contribution in [2.75, 3.05) is 20.2 Å². The number of Topliss-reactive ketones (excluding diaryl/α,β-unsaturated/α-hetero) is 1. The van der Waals surface area contributed by atoms with Gasteiger partial charge in [0.1, 0.15) is 12.9 Å². The number of carbonyl (C=O) groups is 1. The number of nitrogens with zero attached hydrogens (tertiary/aromatic N) is 2. The molecule has 2 rings (SSSR count). The number of hydrogen-bond donors (Lipinski definition) is 1. The fraction of sp³-hybridized carbons (Fsp3) is 0.529. The van der Waals surface area contributed by atoms with Crippen LogP contribution in [-0.4, -0.2) is 48.6 Å². The Kier molecular flexibility index (Phi) is 7.75. The van der Waals surface area contributed by atoms with E-state index in [1.165, 1.54) is 7.11 Å². The summed E-state index contributed by atoms with van der Waals surface area (Å²) in [6.45, 7) is 3.37. The summed E-state index contributed by atoms with van der Waals surface area (Å²) < 4.78 is 0. The SMILES string of the molecule is CON=C(CCC(=O)CC1CCN(B(C)O)C1)c1ccc(Cl)c(Cl)c1. The molecule has 1 aromatic carbocycles. The van der Waals surface area contributed by atoms with Crippen LogP contribution < -0.4 is 0 Å². The Balaban J connectivity index is 1.89. The van der Waals surface area contributed by atoms with Crippen molar-refractivity contribution < 1.29 is 14.7 Å². The Morgan fingerprint density at radius 1 is 1.40 bits per heavy atom. The smallest absolute Gasteiger partial charge is 0.376 e. The molecule has 0 bridgehead atoms. The Hall–Kier alpha value is -1.08. The first-order valence-electron chi connectivity index (χ1n) is 8.40. The molecule has 0 amide bonds. The molecule has 8 heteroatoms. The molecule has 1 heterocycles. The molecule has 1 atom stereocenters. The molecule has 5 nitrogen and oxygen atoms in total. The molecule has 1 aromatic rings. The van der Waals surface area contributed by atoms with E-state index in [4.69, 9.17) is 28.0 Å². The summed E-state index contributed by atoms with van der Waals surface area (Å²) >= 11 is 12.0. The van der Waals surface area contributed by atoms with Crippen LogP contribution in [0.3, 0.4) is 0 Å². The summed E-state index contributed by atoms with van der Waals surface area (Å²) in [6, 6.07) is 5.24. The molecule has 0 saturated carbocycles. The molecule has 1 aliphatic heterocycles. The second-order valence-electron chi connectivity index (χ2n) is 6.37. The monoisotopic (exact) mass is 384 g/mol. The summed E-state index contributed by atoms with van der Waals surface area (Å²) in [5, 5.41) is 14.5. The summed E-state index contributed by atoms with van der Waals surface area (Å²) in [7, 11) is 1.03. The van der Waals surface area contributed by atoms with E-state index in [-0.39, 0.29) is 5.78 Å². The van der Waals surface area contributed by atoms with Crippen LogP contribution in [0.5, 0.6) is 0 Å². The minimum atomic E-state index is -0.449. The van der Waals surface area contributed by atoms with Gasteiger partial charge in [-0.2, -0.15) is 0 Å². The van der Waals surface area contributed by atoms with Crippen molar-refractivity contribution in [3.8, 4) is 0 Å². The molecular formula is C17H23BCl2N2O3.